The van der Waals surface area contributed by atoms with E-state index in [9.17, 15) is 0 Å². The van der Waals surface area contributed by atoms with E-state index in [4.69, 9.17) is 0 Å². The average Bonchev–Trinajstić information content (AvgIpc) is 2.37. The number of aryl methyl sites for hydroxylation is 1. The molecule has 3 heteroatoms. The van der Waals surface area contributed by atoms with Gasteiger partial charge in [0, 0.05) is 25.3 Å². The van der Waals surface area contributed by atoms with Gasteiger partial charge in [-0.2, -0.15) is 0 Å². The summed E-state index contributed by atoms with van der Waals surface area (Å²) in [5.74, 6) is 1.97. The van der Waals surface area contributed by atoms with Gasteiger partial charge >= 0.3 is 0 Å². The minimum Gasteiger partial charge on any atom is -0.357 e. The molecule has 0 amide bonds. The third-order valence-electron chi connectivity index (χ3n) is 3.65. The number of nitrogens with zero attached hydrogens (tertiary/aromatic N) is 2. The maximum Gasteiger partial charge on any atom is 0.128 e. The topological polar surface area (TPSA) is 28.2 Å². The molecule has 0 aliphatic carbocycles. The highest BCUT2D eigenvalue weighted by molar-refractivity contribution is 5.40. The third-order valence-corrected chi connectivity index (χ3v) is 3.65. The SMILES string of the molecule is Cc1ccnc(N2CCC(CNC(C)C)CC2)c1. The van der Waals surface area contributed by atoms with Crippen molar-refractivity contribution in [3.05, 3.63) is 23.9 Å². The summed E-state index contributed by atoms with van der Waals surface area (Å²) >= 11 is 0. The molecule has 0 saturated carbocycles. The van der Waals surface area contributed by atoms with E-state index in [2.05, 4.69) is 48.1 Å². The number of hydrogen-bond acceptors (Lipinski definition) is 3. The van der Waals surface area contributed by atoms with Gasteiger partial charge in [0.05, 0.1) is 0 Å². The molecule has 0 spiro atoms. The lowest BCUT2D eigenvalue weighted by atomic mass is 9.96. The summed E-state index contributed by atoms with van der Waals surface area (Å²) in [5, 5.41) is 3.54. The molecule has 2 rings (SSSR count). The average molecular weight is 247 g/mol. The van der Waals surface area contributed by atoms with Crippen molar-refractivity contribution in [1.82, 2.24) is 10.3 Å². The van der Waals surface area contributed by atoms with Gasteiger partial charge in [-0.05, 0) is 49.9 Å². The van der Waals surface area contributed by atoms with Gasteiger partial charge in [-0.15, -0.1) is 0 Å². The van der Waals surface area contributed by atoms with Crippen molar-refractivity contribution in [2.75, 3.05) is 24.5 Å². The third kappa shape index (κ3) is 3.70. The summed E-state index contributed by atoms with van der Waals surface area (Å²) in [4.78, 5) is 6.89. The first-order chi connectivity index (χ1) is 8.65. The van der Waals surface area contributed by atoms with Gasteiger partial charge < -0.3 is 10.2 Å². The predicted molar refractivity (Wildman–Crippen MR) is 77.0 cm³/mol. The van der Waals surface area contributed by atoms with Gasteiger partial charge in [0.25, 0.3) is 0 Å². The quantitative estimate of drug-likeness (QED) is 0.886. The lowest BCUT2D eigenvalue weighted by molar-refractivity contribution is 0.370. The van der Waals surface area contributed by atoms with E-state index in [1.54, 1.807) is 0 Å². The van der Waals surface area contributed by atoms with Crippen molar-refractivity contribution in [2.45, 2.75) is 39.7 Å². The maximum absolute atomic E-state index is 4.47. The lowest BCUT2D eigenvalue weighted by Crippen LogP contribution is -2.39. The predicted octanol–water partition coefficient (Wildman–Crippen LogP) is 2.60. The first-order valence-corrected chi connectivity index (χ1v) is 7.06. The zero-order valence-corrected chi connectivity index (χ0v) is 11.8. The second-order valence-corrected chi connectivity index (χ2v) is 5.68. The highest BCUT2D eigenvalue weighted by Crippen LogP contribution is 2.21. The summed E-state index contributed by atoms with van der Waals surface area (Å²) in [6, 6.07) is 4.84. The zero-order valence-electron chi connectivity index (χ0n) is 11.8. The van der Waals surface area contributed by atoms with E-state index in [-0.39, 0.29) is 0 Å². The van der Waals surface area contributed by atoms with E-state index in [1.165, 1.54) is 18.4 Å². The highest BCUT2D eigenvalue weighted by Gasteiger charge is 2.19. The van der Waals surface area contributed by atoms with E-state index < -0.39 is 0 Å². The van der Waals surface area contributed by atoms with Crippen LogP contribution in [0, 0.1) is 12.8 Å². The molecule has 0 unspecified atom stereocenters. The van der Waals surface area contributed by atoms with Crippen LogP contribution in [-0.2, 0) is 0 Å². The Bertz CT molecular complexity index is 368. The summed E-state index contributed by atoms with van der Waals surface area (Å²) in [6.45, 7) is 10.00. The molecule has 1 aromatic heterocycles. The molecule has 1 fully saturated rings. The molecule has 1 aromatic rings. The van der Waals surface area contributed by atoms with Crippen LogP contribution in [0.4, 0.5) is 5.82 Å². The van der Waals surface area contributed by atoms with Crippen LogP contribution < -0.4 is 10.2 Å². The van der Waals surface area contributed by atoms with Crippen LogP contribution in [0.3, 0.4) is 0 Å². The van der Waals surface area contributed by atoms with Gasteiger partial charge in [-0.25, -0.2) is 4.98 Å². The molecule has 1 aliphatic heterocycles. The molecule has 100 valence electrons. The first kappa shape index (κ1) is 13.3. The fourth-order valence-electron chi connectivity index (χ4n) is 2.46. The Balaban J connectivity index is 1.83. The van der Waals surface area contributed by atoms with Gasteiger partial charge in [0.15, 0.2) is 0 Å². The number of piperidine rings is 1. The Morgan fingerprint density at radius 1 is 1.39 bits per heavy atom. The van der Waals surface area contributed by atoms with Crippen LogP contribution in [-0.4, -0.2) is 30.7 Å². The molecular formula is C15H25N3. The van der Waals surface area contributed by atoms with Crippen molar-refractivity contribution in [3.8, 4) is 0 Å². The molecule has 2 heterocycles. The molecule has 0 atom stereocenters. The number of hydrogen-bond donors (Lipinski definition) is 1. The number of rotatable bonds is 4. The molecule has 1 aliphatic rings. The summed E-state index contributed by atoms with van der Waals surface area (Å²) in [5.41, 5.74) is 1.29. The molecule has 1 saturated heterocycles. The Hall–Kier alpha value is -1.09. The summed E-state index contributed by atoms with van der Waals surface area (Å²) < 4.78 is 0. The molecular weight excluding hydrogens is 222 g/mol. The zero-order chi connectivity index (χ0) is 13.0. The van der Waals surface area contributed by atoms with Crippen molar-refractivity contribution >= 4 is 5.82 Å². The Morgan fingerprint density at radius 2 is 2.11 bits per heavy atom. The highest BCUT2D eigenvalue weighted by atomic mass is 15.2. The van der Waals surface area contributed by atoms with Crippen molar-refractivity contribution < 1.29 is 0 Å². The number of aromatic nitrogens is 1. The van der Waals surface area contributed by atoms with E-state index in [1.807, 2.05) is 6.20 Å². The first-order valence-electron chi connectivity index (χ1n) is 7.06. The normalized spacial score (nSPS) is 17.4. The van der Waals surface area contributed by atoms with Crippen LogP contribution in [0.1, 0.15) is 32.3 Å². The summed E-state index contributed by atoms with van der Waals surface area (Å²) in [6.07, 6.45) is 4.46. The van der Waals surface area contributed by atoms with Gasteiger partial charge in [0.1, 0.15) is 5.82 Å². The van der Waals surface area contributed by atoms with E-state index >= 15 is 0 Å². The van der Waals surface area contributed by atoms with Crippen LogP contribution in [0.5, 0.6) is 0 Å². The van der Waals surface area contributed by atoms with E-state index in [0.29, 0.717) is 6.04 Å². The molecule has 3 nitrogen and oxygen atoms in total. The second-order valence-electron chi connectivity index (χ2n) is 5.68. The number of anilines is 1. The Morgan fingerprint density at radius 3 is 2.72 bits per heavy atom. The van der Waals surface area contributed by atoms with Crippen LogP contribution in [0.15, 0.2) is 18.3 Å². The lowest BCUT2D eigenvalue weighted by Gasteiger charge is -2.33. The van der Waals surface area contributed by atoms with Gasteiger partial charge in [-0.3, -0.25) is 0 Å². The van der Waals surface area contributed by atoms with Crippen molar-refractivity contribution in [1.29, 1.82) is 0 Å². The molecule has 0 aromatic carbocycles. The van der Waals surface area contributed by atoms with Crippen LogP contribution in [0.2, 0.25) is 0 Å². The molecule has 18 heavy (non-hydrogen) atoms. The molecule has 0 bridgehead atoms. The Labute approximate surface area is 111 Å². The van der Waals surface area contributed by atoms with Crippen LogP contribution >= 0.6 is 0 Å². The smallest absolute Gasteiger partial charge is 0.128 e. The fourth-order valence-corrected chi connectivity index (χ4v) is 2.46. The van der Waals surface area contributed by atoms with Crippen molar-refractivity contribution in [2.24, 2.45) is 5.92 Å². The fraction of sp³-hybridized carbons (Fsp3) is 0.667. The summed E-state index contributed by atoms with van der Waals surface area (Å²) in [7, 11) is 0. The van der Waals surface area contributed by atoms with Gasteiger partial charge in [0.2, 0.25) is 0 Å². The molecule has 1 N–H and O–H groups in total. The largest absolute Gasteiger partial charge is 0.357 e. The second kappa shape index (κ2) is 6.19. The molecule has 0 radical (unpaired) electrons. The standard InChI is InChI=1S/C15H25N3/c1-12(2)17-11-14-5-8-18(9-6-14)15-10-13(3)4-7-16-15/h4,7,10,12,14,17H,5-6,8-9,11H2,1-3H3. The van der Waals surface area contributed by atoms with Crippen LogP contribution in [0.25, 0.3) is 0 Å². The number of pyridine rings is 1. The Kier molecular flexibility index (Phi) is 4.59. The number of nitrogens with one attached hydrogen (secondary N) is 1. The van der Waals surface area contributed by atoms with Gasteiger partial charge in [-0.1, -0.05) is 13.8 Å². The van der Waals surface area contributed by atoms with E-state index in [0.717, 1.165) is 31.4 Å². The minimum atomic E-state index is 0.599. The van der Waals surface area contributed by atoms with Crippen molar-refractivity contribution in [3.63, 3.8) is 0 Å². The monoisotopic (exact) mass is 247 g/mol. The minimum absolute atomic E-state index is 0.599. The maximum atomic E-state index is 4.47.